The molecular formula is C20H19FN6O2S. The molecule has 2 aromatic carbocycles. The number of amides is 1. The summed E-state index contributed by atoms with van der Waals surface area (Å²) >= 11 is 5.22. The van der Waals surface area contributed by atoms with Crippen LogP contribution in [0, 0.1) is 5.82 Å². The van der Waals surface area contributed by atoms with Gasteiger partial charge >= 0.3 is 6.09 Å². The van der Waals surface area contributed by atoms with E-state index in [2.05, 4.69) is 20.9 Å². The van der Waals surface area contributed by atoms with E-state index in [4.69, 9.17) is 17.0 Å². The van der Waals surface area contributed by atoms with Crippen molar-refractivity contribution in [1.29, 1.82) is 0 Å². The molecule has 3 aromatic rings. The topological polar surface area (TPSA) is 84.3 Å². The minimum Gasteiger partial charge on any atom is -0.442 e. The number of carbonyl (C=O) groups excluding carboxylic acids is 1. The van der Waals surface area contributed by atoms with E-state index < -0.39 is 11.9 Å². The number of nitrogens with zero attached hydrogens (tertiary/aromatic N) is 4. The van der Waals surface area contributed by atoms with E-state index in [9.17, 15) is 9.18 Å². The normalized spacial score (nSPS) is 18.5. The fourth-order valence-electron chi connectivity index (χ4n) is 3.39. The van der Waals surface area contributed by atoms with Crippen molar-refractivity contribution in [1.82, 2.24) is 25.6 Å². The molecule has 2 heterocycles. The molecule has 154 valence electrons. The van der Waals surface area contributed by atoms with Gasteiger partial charge < -0.3 is 15.4 Å². The van der Waals surface area contributed by atoms with E-state index in [1.54, 1.807) is 12.1 Å². The smallest absolute Gasteiger partial charge is 0.414 e. The number of benzene rings is 2. The zero-order valence-corrected chi connectivity index (χ0v) is 16.7. The number of cyclic esters (lactones) is 1. The predicted molar refractivity (Wildman–Crippen MR) is 113 cm³/mol. The van der Waals surface area contributed by atoms with Gasteiger partial charge in [-0.05, 0) is 55.4 Å². The summed E-state index contributed by atoms with van der Waals surface area (Å²) in [5, 5.41) is 14.9. The molecule has 30 heavy (non-hydrogen) atoms. The van der Waals surface area contributed by atoms with Crippen molar-refractivity contribution in [3.63, 3.8) is 0 Å². The quantitative estimate of drug-likeness (QED) is 0.607. The van der Waals surface area contributed by atoms with E-state index >= 15 is 0 Å². The van der Waals surface area contributed by atoms with Crippen molar-refractivity contribution >= 4 is 40.1 Å². The highest BCUT2D eigenvalue weighted by Gasteiger charge is 2.33. The Bertz CT molecular complexity index is 1130. The zero-order valence-electron chi connectivity index (χ0n) is 15.9. The molecule has 1 aromatic heterocycles. The van der Waals surface area contributed by atoms with Crippen molar-refractivity contribution in [3.05, 3.63) is 48.3 Å². The largest absolute Gasteiger partial charge is 0.442 e. The highest BCUT2D eigenvalue weighted by atomic mass is 32.1. The van der Waals surface area contributed by atoms with Crippen LogP contribution in [0.3, 0.4) is 0 Å². The van der Waals surface area contributed by atoms with E-state index in [1.807, 2.05) is 24.3 Å². The molecule has 2 N–H and O–H groups in total. The van der Waals surface area contributed by atoms with Crippen LogP contribution in [0.25, 0.3) is 16.7 Å². The van der Waals surface area contributed by atoms with E-state index in [-0.39, 0.29) is 11.8 Å². The van der Waals surface area contributed by atoms with Crippen molar-refractivity contribution in [2.45, 2.75) is 25.0 Å². The number of halogens is 1. The summed E-state index contributed by atoms with van der Waals surface area (Å²) in [6.07, 6.45) is 1.36. The average Bonchev–Trinajstić information content (AvgIpc) is 3.32. The van der Waals surface area contributed by atoms with Gasteiger partial charge in [0.15, 0.2) is 10.9 Å². The third-order valence-corrected chi connectivity index (χ3v) is 5.36. The van der Waals surface area contributed by atoms with Crippen molar-refractivity contribution in [3.8, 4) is 5.69 Å². The lowest BCUT2D eigenvalue weighted by Crippen LogP contribution is -2.41. The van der Waals surface area contributed by atoms with Crippen LogP contribution in [0.4, 0.5) is 14.9 Å². The SMILES string of the molecule is O=C1O[C@H](CNC(=S)NC2CC2)CN1c1ccc(-n2nnc3ccccc32)c(F)c1. The molecule has 1 saturated carbocycles. The molecule has 10 heteroatoms. The number of aromatic nitrogens is 3. The van der Waals surface area contributed by atoms with Gasteiger partial charge in [0, 0.05) is 6.04 Å². The van der Waals surface area contributed by atoms with Crippen molar-refractivity contribution in [2.75, 3.05) is 18.0 Å². The Kier molecular flexibility index (Phi) is 4.70. The summed E-state index contributed by atoms with van der Waals surface area (Å²) in [4.78, 5) is 13.7. The van der Waals surface area contributed by atoms with Gasteiger partial charge in [0.05, 0.1) is 24.3 Å². The van der Waals surface area contributed by atoms with Crippen molar-refractivity contribution < 1.29 is 13.9 Å². The zero-order chi connectivity index (χ0) is 20.7. The van der Waals surface area contributed by atoms with Gasteiger partial charge in [-0.2, -0.15) is 0 Å². The second-order valence-corrected chi connectivity index (χ2v) is 7.78. The molecule has 2 aliphatic rings. The van der Waals surface area contributed by atoms with Crippen LogP contribution in [-0.2, 0) is 4.74 Å². The van der Waals surface area contributed by atoms with Gasteiger partial charge in [0.2, 0.25) is 0 Å². The Morgan fingerprint density at radius 3 is 2.90 bits per heavy atom. The lowest BCUT2D eigenvalue weighted by Gasteiger charge is -2.15. The minimum atomic E-state index is -0.513. The van der Waals surface area contributed by atoms with E-state index in [0.717, 1.165) is 12.8 Å². The highest BCUT2D eigenvalue weighted by Crippen LogP contribution is 2.26. The van der Waals surface area contributed by atoms with Gasteiger partial charge in [0.1, 0.15) is 17.3 Å². The summed E-state index contributed by atoms with van der Waals surface area (Å²) < 4.78 is 21.7. The van der Waals surface area contributed by atoms with E-state index in [0.29, 0.717) is 41.0 Å². The Labute approximate surface area is 177 Å². The molecule has 1 atom stereocenters. The van der Waals surface area contributed by atoms with Gasteiger partial charge in [-0.25, -0.2) is 13.9 Å². The molecule has 1 saturated heterocycles. The molecule has 8 nitrogen and oxygen atoms in total. The first kappa shape index (κ1) is 18.7. The second kappa shape index (κ2) is 7.52. The van der Waals surface area contributed by atoms with Crippen LogP contribution in [-0.4, -0.2) is 51.4 Å². The van der Waals surface area contributed by atoms with Crippen LogP contribution in [0.5, 0.6) is 0 Å². The number of hydrogen-bond acceptors (Lipinski definition) is 5. The number of carbonyl (C=O) groups is 1. The first-order valence-electron chi connectivity index (χ1n) is 9.71. The van der Waals surface area contributed by atoms with E-state index in [1.165, 1.54) is 15.6 Å². The maximum Gasteiger partial charge on any atom is 0.414 e. The molecule has 5 rings (SSSR count). The summed E-state index contributed by atoms with van der Waals surface area (Å²) in [7, 11) is 0. The third-order valence-electron chi connectivity index (χ3n) is 5.10. The Balaban J connectivity index is 1.29. The number of nitrogens with one attached hydrogen (secondary N) is 2. The summed E-state index contributed by atoms with van der Waals surface area (Å²) in [6, 6.07) is 12.3. The molecule has 2 fully saturated rings. The Morgan fingerprint density at radius 1 is 1.27 bits per heavy atom. The first-order chi connectivity index (χ1) is 14.6. The first-order valence-corrected chi connectivity index (χ1v) is 10.1. The number of ether oxygens (including phenoxy) is 1. The monoisotopic (exact) mass is 426 g/mol. The summed E-state index contributed by atoms with van der Waals surface area (Å²) in [5.74, 6) is -0.507. The average molecular weight is 426 g/mol. The molecular weight excluding hydrogens is 407 g/mol. The lowest BCUT2D eigenvalue weighted by atomic mass is 10.2. The predicted octanol–water partition coefficient (Wildman–Crippen LogP) is 2.51. The minimum absolute atomic E-state index is 0.259. The van der Waals surface area contributed by atoms with Crippen molar-refractivity contribution in [2.24, 2.45) is 0 Å². The van der Waals surface area contributed by atoms with Gasteiger partial charge in [-0.15, -0.1) is 5.10 Å². The number of thiocarbonyl (C=S) groups is 1. The fraction of sp³-hybridized carbons (Fsp3) is 0.300. The number of hydrogen-bond donors (Lipinski definition) is 2. The van der Waals surface area contributed by atoms with Crippen LogP contribution in [0.15, 0.2) is 42.5 Å². The molecule has 0 radical (unpaired) electrons. The molecule has 0 bridgehead atoms. The number of para-hydroxylation sites is 1. The molecule has 1 aliphatic heterocycles. The highest BCUT2D eigenvalue weighted by molar-refractivity contribution is 7.80. The van der Waals surface area contributed by atoms with Crippen LogP contribution < -0.4 is 15.5 Å². The molecule has 1 amide bonds. The Hall–Kier alpha value is -3.27. The second-order valence-electron chi connectivity index (χ2n) is 7.37. The van der Waals surface area contributed by atoms with Gasteiger partial charge in [-0.3, -0.25) is 4.90 Å². The van der Waals surface area contributed by atoms with Crippen LogP contribution in [0.2, 0.25) is 0 Å². The van der Waals surface area contributed by atoms with Crippen LogP contribution in [0.1, 0.15) is 12.8 Å². The molecule has 0 spiro atoms. The lowest BCUT2D eigenvalue weighted by molar-refractivity contribution is 0.143. The summed E-state index contributed by atoms with van der Waals surface area (Å²) in [5.41, 5.74) is 2.06. The molecule has 0 unspecified atom stereocenters. The maximum absolute atomic E-state index is 14.9. The third kappa shape index (κ3) is 3.65. The number of rotatable bonds is 5. The molecule has 1 aliphatic carbocycles. The Morgan fingerprint density at radius 2 is 2.10 bits per heavy atom. The fourth-order valence-corrected chi connectivity index (χ4v) is 3.64. The van der Waals surface area contributed by atoms with Crippen LogP contribution >= 0.6 is 12.2 Å². The summed E-state index contributed by atoms with van der Waals surface area (Å²) in [6.45, 7) is 0.704. The standard InChI is InChI=1S/C20H19FN6O2S/c21-15-9-13(7-8-17(15)27-18-4-2-1-3-16(18)24-25-27)26-11-14(29-20(26)28)10-22-19(30)23-12-5-6-12/h1-4,7-9,12,14H,5-6,10-11H2,(H2,22,23,30)/t14-/m1/s1. The number of anilines is 1. The maximum atomic E-state index is 14.9. The number of fused-ring (bicyclic) bond motifs is 1. The van der Waals surface area contributed by atoms with Gasteiger partial charge in [-0.1, -0.05) is 17.3 Å². The van der Waals surface area contributed by atoms with Gasteiger partial charge in [0.25, 0.3) is 0 Å².